The lowest BCUT2D eigenvalue weighted by Gasteiger charge is -2.31. The summed E-state index contributed by atoms with van der Waals surface area (Å²) in [5, 5.41) is 15.9. The van der Waals surface area contributed by atoms with Crippen molar-refractivity contribution >= 4 is 11.9 Å². The van der Waals surface area contributed by atoms with E-state index in [0.29, 0.717) is 31.0 Å². The quantitative estimate of drug-likeness (QED) is 0.874. The molecule has 4 rings (SSSR count). The fourth-order valence-corrected chi connectivity index (χ4v) is 3.77. The molecule has 0 aliphatic carbocycles. The molecule has 3 heterocycles. The van der Waals surface area contributed by atoms with Crippen LogP contribution in [-0.2, 0) is 17.6 Å². The monoisotopic (exact) mass is 355 g/mol. The highest BCUT2D eigenvalue weighted by Crippen LogP contribution is 2.32. The first kappa shape index (κ1) is 16.6. The Morgan fingerprint density at radius 1 is 1.31 bits per heavy atom. The maximum Gasteiger partial charge on any atom is 0.309 e. The average Bonchev–Trinajstić information content (AvgIpc) is 3.29. The number of carboxylic acids is 1. The maximum absolute atomic E-state index is 12.9. The van der Waals surface area contributed by atoms with Gasteiger partial charge < -0.3 is 14.7 Å². The van der Waals surface area contributed by atoms with E-state index >= 15 is 0 Å². The normalized spacial score (nSPS) is 17.0. The molecule has 7 nitrogen and oxygen atoms in total. The van der Waals surface area contributed by atoms with Crippen LogP contribution in [0.3, 0.4) is 0 Å². The Hall–Kier alpha value is -2.83. The molecule has 26 heavy (non-hydrogen) atoms. The van der Waals surface area contributed by atoms with Gasteiger partial charge in [-0.2, -0.15) is 5.10 Å². The van der Waals surface area contributed by atoms with Crippen LogP contribution >= 0.6 is 0 Å². The van der Waals surface area contributed by atoms with Gasteiger partial charge in [0.15, 0.2) is 0 Å². The Balaban J connectivity index is 1.41. The lowest BCUT2D eigenvalue weighted by molar-refractivity contribution is -0.136. The summed E-state index contributed by atoms with van der Waals surface area (Å²) in [4.78, 5) is 25.5. The van der Waals surface area contributed by atoms with Crippen LogP contribution in [0, 0.1) is 0 Å². The van der Waals surface area contributed by atoms with E-state index in [1.807, 2.05) is 29.2 Å². The van der Waals surface area contributed by atoms with Crippen molar-refractivity contribution in [2.45, 2.75) is 31.6 Å². The van der Waals surface area contributed by atoms with Gasteiger partial charge in [0.25, 0.3) is 5.91 Å². The van der Waals surface area contributed by atoms with Gasteiger partial charge in [0.2, 0.25) is 0 Å². The third-order valence-electron chi connectivity index (χ3n) is 5.14. The molecule has 1 aromatic carbocycles. The van der Waals surface area contributed by atoms with Crippen molar-refractivity contribution in [3.05, 3.63) is 46.8 Å². The highest BCUT2D eigenvalue weighted by atomic mass is 16.5. The number of fused-ring (bicyclic) bond motifs is 1. The lowest BCUT2D eigenvalue weighted by atomic mass is 9.93. The number of aliphatic carboxylic acids is 1. The molecular weight excluding hydrogens is 334 g/mol. The summed E-state index contributed by atoms with van der Waals surface area (Å²) in [6, 6.07) is 7.59. The van der Waals surface area contributed by atoms with Gasteiger partial charge in [-0.1, -0.05) is 12.1 Å². The number of hydrogen-bond donors (Lipinski definition) is 2. The van der Waals surface area contributed by atoms with Gasteiger partial charge in [0.1, 0.15) is 5.75 Å². The predicted octanol–water partition coefficient (Wildman–Crippen LogP) is 1.99. The molecule has 0 spiro atoms. The van der Waals surface area contributed by atoms with Crippen molar-refractivity contribution in [1.29, 1.82) is 0 Å². The number of nitrogens with zero attached hydrogens (tertiary/aromatic N) is 2. The van der Waals surface area contributed by atoms with Crippen molar-refractivity contribution < 1.29 is 19.4 Å². The molecule has 0 atom stereocenters. The molecule has 7 heteroatoms. The fraction of sp³-hybridized carbons (Fsp3) is 0.421. The maximum atomic E-state index is 12.9. The molecule has 136 valence electrons. The second-order valence-corrected chi connectivity index (χ2v) is 6.85. The molecule has 2 aliphatic rings. The SMILES string of the molecule is O=C(O)Cc1cc(C2CCN(C(=O)c3cccc4c3OCC4)CC2)n[nH]1. The number of nitrogens with one attached hydrogen (secondary N) is 1. The summed E-state index contributed by atoms with van der Waals surface area (Å²) in [6.07, 6.45) is 2.44. The highest BCUT2D eigenvalue weighted by Gasteiger charge is 2.29. The smallest absolute Gasteiger partial charge is 0.309 e. The average molecular weight is 355 g/mol. The third kappa shape index (κ3) is 3.16. The molecule has 1 amide bonds. The number of carbonyl (C=O) groups excluding carboxylic acids is 1. The van der Waals surface area contributed by atoms with Crippen molar-refractivity contribution in [3.63, 3.8) is 0 Å². The number of hydrogen-bond acceptors (Lipinski definition) is 4. The van der Waals surface area contributed by atoms with E-state index in [2.05, 4.69) is 10.2 Å². The molecule has 1 saturated heterocycles. The molecule has 2 aliphatic heterocycles. The third-order valence-corrected chi connectivity index (χ3v) is 5.14. The van der Waals surface area contributed by atoms with Crippen molar-refractivity contribution in [2.75, 3.05) is 19.7 Å². The molecule has 0 unspecified atom stereocenters. The zero-order valence-electron chi connectivity index (χ0n) is 14.4. The number of carboxylic acid groups (broad SMARTS) is 1. The number of ether oxygens (including phenoxy) is 1. The Morgan fingerprint density at radius 2 is 2.12 bits per heavy atom. The van der Waals surface area contributed by atoms with Gasteiger partial charge in [-0.05, 0) is 30.5 Å². The second-order valence-electron chi connectivity index (χ2n) is 6.85. The molecule has 0 radical (unpaired) electrons. The van der Waals surface area contributed by atoms with Crippen molar-refractivity contribution in [2.24, 2.45) is 0 Å². The number of amides is 1. The second kappa shape index (κ2) is 6.82. The van der Waals surface area contributed by atoms with E-state index in [-0.39, 0.29) is 18.2 Å². The van der Waals surface area contributed by atoms with E-state index < -0.39 is 5.97 Å². The minimum Gasteiger partial charge on any atom is -0.492 e. The van der Waals surface area contributed by atoms with Crippen LogP contribution in [0.1, 0.15) is 46.1 Å². The van der Waals surface area contributed by atoms with Crippen LogP contribution in [0.5, 0.6) is 5.75 Å². The van der Waals surface area contributed by atoms with Gasteiger partial charge in [-0.3, -0.25) is 14.7 Å². The molecular formula is C19H21N3O4. The summed E-state index contributed by atoms with van der Waals surface area (Å²) in [7, 11) is 0. The summed E-state index contributed by atoms with van der Waals surface area (Å²) >= 11 is 0. The fourth-order valence-electron chi connectivity index (χ4n) is 3.77. The van der Waals surface area contributed by atoms with Crippen LogP contribution in [0.25, 0.3) is 0 Å². The van der Waals surface area contributed by atoms with E-state index in [1.54, 1.807) is 0 Å². The zero-order valence-corrected chi connectivity index (χ0v) is 14.4. The Labute approximate surface area is 151 Å². The number of aromatic amines is 1. The van der Waals surface area contributed by atoms with E-state index in [9.17, 15) is 9.59 Å². The van der Waals surface area contributed by atoms with Gasteiger partial charge in [0, 0.05) is 31.1 Å². The van der Waals surface area contributed by atoms with Gasteiger partial charge in [-0.25, -0.2) is 0 Å². The van der Waals surface area contributed by atoms with E-state index in [4.69, 9.17) is 9.84 Å². The number of rotatable bonds is 4. The van der Waals surface area contributed by atoms with Crippen LogP contribution in [0.2, 0.25) is 0 Å². The zero-order chi connectivity index (χ0) is 18.1. The first-order chi connectivity index (χ1) is 12.6. The molecule has 0 bridgehead atoms. The standard InChI is InChI=1S/C19H21N3O4/c23-17(24)11-14-10-16(21-20-14)12-4-7-22(8-5-12)19(25)15-3-1-2-13-6-9-26-18(13)15/h1-3,10,12H,4-9,11H2,(H,20,21)(H,23,24). The van der Waals surface area contributed by atoms with Gasteiger partial charge in [0.05, 0.1) is 24.3 Å². The summed E-state index contributed by atoms with van der Waals surface area (Å²) in [6.45, 7) is 1.96. The first-order valence-corrected chi connectivity index (χ1v) is 8.92. The number of carbonyl (C=O) groups is 2. The number of piperidine rings is 1. The molecule has 2 aromatic rings. The predicted molar refractivity (Wildman–Crippen MR) is 93.4 cm³/mol. The molecule has 1 aromatic heterocycles. The number of likely N-dealkylation sites (tertiary alicyclic amines) is 1. The lowest BCUT2D eigenvalue weighted by Crippen LogP contribution is -2.38. The summed E-state index contributed by atoms with van der Waals surface area (Å²) in [5.74, 6) is 0.134. The van der Waals surface area contributed by atoms with Gasteiger partial charge in [-0.15, -0.1) is 0 Å². The Bertz CT molecular complexity index is 837. The van der Waals surface area contributed by atoms with Crippen LogP contribution in [0.15, 0.2) is 24.3 Å². The van der Waals surface area contributed by atoms with Crippen LogP contribution < -0.4 is 4.74 Å². The van der Waals surface area contributed by atoms with Crippen LogP contribution in [0.4, 0.5) is 0 Å². The molecule has 2 N–H and O–H groups in total. The first-order valence-electron chi connectivity index (χ1n) is 8.92. The number of H-pyrrole nitrogens is 1. The van der Waals surface area contributed by atoms with Gasteiger partial charge >= 0.3 is 5.97 Å². The topological polar surface area (TPSA) is 95.5 Å². The summed E-state index contributed by atoms with van der Waals surface area (Å²) < 4.78 is 5.66. The van der Waals surface area contributed by atoms with Crippen molar-refractivity contribution in [1.82, 2.24) is 15.1 Å². The number of aromatic nitrogens is 2. The van der Waals surface area contributed by atoms with Crippen molar-refractivity contribution in [3.8, 4) is 5.75 Å². The minimum absolute atomic E-state index is 0.0239. The van der Waals surface area contributed by atoms with E-state index in [1.165, 1.54) is 0 Å². The summed E-state index contributed by atoms with van der Waals surface area (Å²) in [5.41, 5.74) is 3.26. The molecule has 0 saturated carbocycles. The Morgan fingerprint density at radius 3 is 2.88 bits per heavy atom. The molecule has 1 fully saturated rings. The van der Waals surface area contributed by atoms with Crippen LogP contribution in [-0.4, -0.2) is 51.8 Å². The number of benzene rings is 1. The minimum atomic E-state index is -0.877. The number of para-hydroxylation sites is 1. The Kier molecular flexibility index (Phi) is 4.36. The van der Waals surface area contributed by atoms with E-state index in [0.717, 1.165) is 36.3 Å². The largest absolute Gasteiger partial charge is 0.492 e. The highest BCUT2D eigenvalue weighted by molar-refractivity contribution is 5.97.